The van der Waals surface area contributed by atoms with Crippen LogP contribution < -0.4 is 10.6 Å². The van der Waals surface area contributed by atoms with Crippen LogP contribution in [0.15, 0.2) is 78.0 Å². The second-order valence-electron chi connectivity index (χ2n) is 5.24. The van der Waals surface area contributed by atoms with E-state index in [-0.39, 0.29) is 17.1 Å². The summed E-state index contributed by atoms with van der Waals surface area (Å²) in [6.45, 7) is 0. The fourth-order valence-corrected chi connectivity index (χ4v) is 2.56. The van der Waals surface area contributed by atoms with Crippen molar-refractivity contribution in [3.63, 3.8) is 0 Å². The van der Waals surface area contributed by atoms with Gasteiger partial charge in [0.05, 0.1) is 12.9 Å². The molecule has 4 rings (SSSR count). The molecule has 26 heavy (non-hydrogen) atoms. The van der Waals surface area contributed by atoms with E-state index < -0.39 is 0 Å². The number of benzene rings is 1. The Bertz CT molecular complexity index is 900. The Hall–Kier alpha value is -2.47. The number of nitrogens with two attached hydrogens (primary N) is 1. The Labute approximate surface area is 168 Å². The van der Waals surface area contributed by atoms with Crippen LogP contribution in [0.3, 0.4) is 0 Å². The monoisotopic (exact) mass is 406 g/mol. The van der Waals surface area contributed by atoms with Crippen molar-refractivity contribution in [3.8, 4) is 28.3 Å². The fourth-order valence-electron chi connectivity index (χ4n) is 2.43. The van der Waals surface area contributed by atoms with Gasteiger partial charge in [-0.05, 0) is 11.6 Å². The molecule has 0 unspecified atom stereocenters. The van der Waals surface area contributed by atoms with Crippen molar-refractivity contribution in [2.75, 3.05) is 13.0 Å². The maximum Gasteiger partial charge on any atom is 2.00 e. The van der Waals surface area contributed by atoms with Gasteiger partial charge < -0.3 is 10.6 Å². The molecule has 4 aromatic rings. The minimum absolute atomic E-state index is 0. The number of aromatic nitrogens is 3. The number of hydrogen-bond donors (Lipinski definition) is 2. The minimum Gasteiger partial charge on any atom is -0.505 e. The summed E-state index contributed by atoms with van der Waals surface area (Å²) in [4.78, 5) is 0. The zero-order valence-corrected chi connectivity index (χ0v) is 16.1. The zero-order chi connectivity index (χ0) is 17.6. The predicted octanol–water partition coefficient (Wildman–Crippen LogP) is 3.75. The molecular weight excluding hydrogens is 388 g/mol. The van der Waals surface area contributed by atoms with E-state index in [0.29, 0.717) is 11.0 Å². The average molecular weight is 406 g/mol. The van der Waals surface area contributed by atoms with Crippen LogP contribution in [-0.4, -0.2) is 22.0 Å². The van der Waals surface area contributed by atoms with Crippen LogP contribution in [-0.2, 0) is 17.1 Å². The van der Waals surface area contributed by atoms with Gasteiger partial charge in [0.1, 0.15) is 0 Å². The Morgan fingerprint density at radius 2 is 1.81 bits per heavy atom. The number of hydrogen-bond acceptors (Lipinski definition) is 5. The Morgan fingerprint density at radius 3 is 2.31 bits per heavy atom. The van der Waals surface area contributed by atoms with Crippen LogP contribution in [0.1, 0.15) is 0 Å². The summed E-state index contributed by atoms with van der Waals surface area (Å²) in [6, 6.07) is 23.8. The first kappa shape index (κ1) is 19.8. The molecule has 0 saturated carbocycles. The van der Waals surface area contributed by atoms with Crippen LogP contribution in [0, 0.1) is 0 Å². The van der Waals surface area contributed by atoms with Crippen molar-refractivity contribution < 1.29 is 21.8 Å². The first-order valence-electron chi connectivity index (χ1n) is 7.67. The summed E-state index contributed by atoms with van der Waals surface area (Å²) in [6.07, 6.45) is 0. The van der Waals surface area contributed by atoms with Crippen molar-refractivity contribution >= 4 is 12.6 Å². The van der Waals surface area contributed by atoms with Crippen LogP contribution in [0.25, 0.3) is 22.5 Å². The largest absolute Gasteiger partial charge is 2.00 e. The molecule has 2 N–H and O–H groups in total. The van der Waals surface area contributed by atoms with Gasteiger partial charge in [-0.1, -0.05) is 17.7 Å². The zero-order valence-electron chi connectivity index (χ0n) is 14.1. The molecule has 0 aliphatic carbocycles. The molecule has 134 valence electrons. The van der Waals surface area contributed by atoms with E-state index in [2.05, 4.69) is 22.8 Å². The van der Waals surface area contributed by atoms with Gasteiger partial charge in [-0.25, -0.2) is 16.8 Å². The first-order valence-corrected chi connectivity index (χ1v) is 8.12. The summed E-state index contributed by atoms with van der Waals surface area (Å²) < 4.78 is 6.65. The van der Waals surface area contributed by atoms with Crippen molar-refractivity contribution in [2.24, 2.45) is 0 Å². The van der Waals surface area contributed by atoms with Gasteiger partial charge in [-0.15, -0.1) is 40.5 Å². The molecule has 5 nitrogen and oxygen atoms in total. The Balaban J connectivity index is 0.000000351. The van der Waals surface area contributed by atoms with Crippen molar-refractivity contribution in [1.82, 2.24) is 14.9 Å². The van der Waals surface area contributed by atoms with Crippen molar-refractivity contribution in [2.45, 2.75) is 5.16 Å². The number of nitrogens with zero attached hydrogens (tertiary/aromatic N) is 3. The maximum absolute atomic E-state index is 5.91. The van der Waals surface area contributed by atoms with Gasteiger partial charge in [-0.2, -0.15) is 30.3 Å². The molecule has 7 heteroatoms. The maximum atomic E-state index is 5.91. The van der Waals surface area contributed by atoms with E-state index in [9.17, 15) is 0 Å². The molecule has 0 radical (unpaired) electrons. The van der Waals surface area contributed by atoms with E-state index in [1.807, 2.05) is 72.8 Å². The van der Waals surface area contributed by atoms with Gasteiger partial charge in [0.2, 0.25) is 5.16 Å². The molecule has 0 spiro atoms. The molecule has 0 aliphatic heterocycles. The Morgan fingerprint density at radius 1 is 1.12 bits per heavy atom. The van der Waals surface area contributed by atoms with Crippen LogP contribution in [0.2, 0.25) is 0 Å². The van der Waals surface area contributed by atoms with Gasteiger partial charge in [-0.3, -0.25) is 0 Å². The minimum atomic E-state index is 0. The molecule has 1 aromatic heterocycles. The summed E-state index contributed by atoms with van der Waals surface area (Å²) in [5.74, 6) is 7.25. The number of methoxy groups -OCH3 is 1. The molecule has 0 amide bonds. The van der Waals surface area contributed by atoms with Crippen LogP contribution in [0.4, 0.5) is 0 Å². The number of ether oxygens (including phenoxy) is 1. The molecule has 0 bridgehead atoms. The van der Waals surface area contributed by atoms with Gasteiger partial charge in [0, 0.05) is 0 Å². The number of thiol groups is 1. The quantitative estimate of drug-likeness (QED) is 0.236. The SMILES string of the molecule is COc1ccc(-c2nnc(S)n2N)c(-[c-]2cccc2)c1.[Fe+2].c1cc[cH-]c1. The van der Waals surface area contributed by atoms with E-state index in [0.717, 1.165) is 22.4 Å². The summed E-state index contributed by atoms with van der Waals surface area (Å²) in [7, 11) is 1.64. The van der Waals surface area contributed by atoms with Gasteiger partial charge >= 0.3 is 17.1 Å². The topological polar surface area (TPSA) is 66.0 Å². The summed E-state index contributed by atoms with van der Waals surface area (Å²) in [5.41, 5.74) is 2.94. The number of rotatable bonds is 3. The smallest absolute Gasteiger partial charge is 0.505 e. The van der Waals surface area contributed by atoms with E-state index in [4.69, 9.17) is 10.6 Å². The number of nitrogen functional groups attached to an aromatic ring is 1. The normalized spacial score (nSPS) is 9.77. The van der Waals surface area contributed by atoms with Gasteiger partial charge in [0.15, 0.2) is 5.82 Å². The fraction of sp³-hybridized carbons (Fsp3) is 0.0526. The van der Waals surface area contributed by atoms with Crippen molar-refractivity contribution in [3.05, 3.63) is 72.8 Å². The first-order chi connectivity index (χ1) is 12.2. The Kier molecular flexibility index (Phi) is 7.09. The molecule has 1 heterocycles. The van der Waals surface area contributed by atoms with E-state index in [1.165, 1.54) is 4.68 Å². The predicted molar refractivity (Wildman–Crippen MR) is 102 cm³/mol. The molecule has 0 fully saturated rings. The van der Waals surface area contributed by atoms with E-state index in [1.54, 1.807) is 7.11 Å². The molecular formula is C19H18FeN4OS. The molecule has 0 saturated heterocycles. The van der Waals surface area contributed by atoms with Crippen molar-refractivity contribution in [1.29, 1.82) is 0 Å². The third-order valence-electron chi connectivity index (χ3n) is 3.67. The average Bonchev–Trinajstić information content (AvgIpc) is 3.40. The van der Waals surface area contributed by atoms with Crippen LogP contribution in [0.5, 0.6) is 5.75 Å². The second kappa shape index (κ2) is 9.29. The van der Waals surface area contributed by atoms with Crippen LogP contribution >= 0.6 is 12.6 Å². The molecule has 3 aromatic carbocycles. The third-order valence-corrected chi connectivity index (χ3v) is 3.98. The molecule has 0 aliphatic rings. The summed E-state index contributed by atoms with van der Waals surface area (Å²) >= 11 is 4.16. The summed E-state index contributed by atoms with van der Waals surface area (Å²) in [5, 5.41) is 8.33. The van der Waals surface area contributed by atoms with E-state index >= 15 is 0 Å². The molecule has 0 atom stereocenters. The second-order valence-corrected chi connectivity index (χ2v) is 5.64. The standard InChI is InChI=1S/C14H13N4OS.C5H5.Fe/c1-19-10-6-7-11(13-16-17-14(20)18(13)15)12(8-10)9-4-2-3-5-9;1-2-4-5-3-1;/h2-8H,15H2,1H3,(H,17,20);1-5H;/q2*-1;+2. The van der Waals surface area contributed by atoms with Gasteiger partial charge in [0.25, 0.3) is 0 Å². The third kappa shape index (κ3) is 4.38.